The van der Waals surface area contributed by atoms with Crippen LogP contribution in [0.1, 0.15) is 35.4 Å². The second-order valence-electron chi connectivity index (χ2n) is 10.2. The number of benzene rings is 3. The summed E-state index contributed by atoms with van der Waals surface area (Å²) in [6.07, 6.45) is 3.61. The van der Waals surface area contributed by atoms with Crippen LogP contribution in [-0.2, 0) is 20.1 Å². The van der Waals surface area contributed by atoms with E-state index in [2.05, 4.69) is 86.2 Å². The number of rotatable bonds is 2. The molecule has 3 nitrogen and oxygen atoms in total. The number of hydrogen-bond acceptors (Lipinski definition) is 4. The average Bonchev–Trinajstić information content (AvgIpc) is 3.55. The predicted octanol–water partition coefficient (Wildman–Crippen LogP) is 10.1. The quantitative estimate of drug-likeness (QED) is 0.166. The van der Waals surface area contributed by atoms with Crippen LogP contribution >= 0.6 is 11.3 Å². The van der Waals surface area contributed by atoms with Gasteiger partial charge in [-0.1, -0.05) is 41.1 Å². The topological polar surface area (TPSA) is 38.9 Å². The largest absolute Gasteiger partial charge is 0.501 e. The van der Waals surface area contributed by atoms with E-state index >= 15 is 0 Å². The van der Waals surface area contributed by atoms with Gasteiger partial charge in [0.1, 0.15) is 5.58 Å². The molecule has 0 N–H and O–H groups in total. The van der Waals surface area contributed by atoms with Gasteiger partial charge in [-0.15, -0.1) is 64.9 Å². The predicted molar refractivity (Wildman–Crippen MR) is 168 cm³/mol. The Bertz CT molecular complexity index is 2060. The molecular weight excluding hydrogens is 701 g/mol. The van der Waals surface area contributed by atoms with E-state index < -0.39 is 0 Å². The van der Waals surface area contributed by atoms with Crippen molar-refractivity contribution in [3.8, 4) is 22.5 Å². The molecular formula is C36H30IrN2OS-2. The van der Waals surface area contributed by atoms with Gasteiger partial charge in [-0.05, 0) is 80.7 Å². The summed E-state index contributed by atoms with van der Waals surface area (Å²) in [6, 6.07) is 27.1. The summed E-state index contributed by atoms with van der Waals surface area (Å²) in [5.41, 5.74) is 10.6. The van der Waals surface area contributed by atoms with E-state index in [-0.39, 0.29) is 33.9 Å². The van der Waals surface area contributed by atoms with E-state index in [0.717, 1.165) is 55.6 Å². The van der Waals surface area contributed by atoms with Crippen molar-refractivity contribution in [1.29, 1.82) is 0 Å². The van der Waals surface area contributed by atoms with Crippen molar-refractivity contribution in [1.82, 2.24) is 9.97 Å². The van der Waals surface area contributed by atoms with Crippen LogP contribution in [0.2, 0.25) is 0 Å². The fourth-order valence-corrected chi connectivity index (χ4v) is 5.63. The van der Waals surface area contributed by atoms with Crippen LogP contribution < -0.4 is 0 Å². The number of furan rings is 1. The zero-order chi connectivity index (χ0) is 29.4. The van der Waals surface area contributed by atoms with Gasteiger partial charge in [0.2, 0.25) is 0 Å². The van der Waals surface area contributed by atoms with Crippen molar-refractivity contribution in [2.24, 2.45) is 0 Å². The summed E-state index contributed by atoms with van der Waals surface area (Å²) in [6.45, 7) is 8.63. The van der Waals surface area contributed by atoms with E-state index in [1.165, 1.54) is 31.7 Å². The van der Waals surface area contributed by atoms with Crippen molar-refractivity contribution >= 4 is 43.4 Å². The maximum atomic E-state index is 7.74. The van der Waals surface area contributed by atoms with E-state index in [1.807, 2.05) is 30.5 Å². The van der Waals surface area contributed by atoms with Gasteiger partial charge in [-0.25, -0.2) is 0 Å². The van der Waals surface area contributed by atoms with Gasteiger partial charge in [0, 0.05) is 50.2 Å². The molecule has 0 fully saturated rings. The van der Waals surface area contributed by atoms with E-state index in [1.54, 1.807) is 17.5 Å². The standard InChI is InChI=1S/C22H16NOS.C14H14N.Ir/c1-12-7-19(23-11-13(12)2)17-6-4-5-16-18-9-15-8-14(3)25-21(15)10-20(18)24-22(16)17;1-10-4-6-13(7-5-10)14-8-11(2)12(3)9-15-14;/h4-5,7-11H,1-3H3;4-6,8-9H,1-3H3;/q2*-1;/i1D,2D;;. The molecule has 3 aromatic carbocycles. The molecule has 41 heavy (non-hydrogen) atoms. The summed E-state index contributed by atoms with van der Waals surface area (Å²) >= 11 is 1.77. The third-order valence-corrected chi connectivity index (χ3v) is 8.16. The zero-order valence-electron chi connectivity index (χ0n) is 25.4. The van der Waals surface area contributed by atoms with Crippen LogP contribution in [-0.4, -0.2) is 9.97 Å². The number of fused-ring (bicyclic) bond motifs is 4. The number of aryl methyl sites for hydroxylation is 6. The van der Waals surface area contributed by atoms with Gasteiger partial charge < -0.3 is 14.4 Å². The van der Waals surface area contributed by atoms with Gasteiger partial charge in [0.25, 0.3) is 0 Å². The summed E-state index contributed by atoms with van der Waals surface area (Å²) in [4.78, 5) is 10.2. The third-order valence-electron chi connectivity index (χ3n) is 7.15. The molecule has 0 saturated heterocycles. The Morgan fingerprint density at radius 3 is 2.32 bits per heavy atom. The Hall–Kier alpha value is -3.63. The molecule has 7 aromatic rings. The Morgan fingerprint density at radius 1 is 0.780 bits per heavy atom. The molecule has 0 amide bonds. The maximum Gasteiger partial charge on any atom is 0.122 e. The maximum absolute atomic E-state index is 7.74. The fraction of sp³-hybridized carbons (Fsp3) is 0.167. The Morgan fingerprint density at radius 2 is 1.56 bits per heavy atom. The smallest absolute Gasteiger partial charge is 0.122 e. The van der Waals surface area contributed by atoms with Crippen LogP contribution in [0.25, 0.3) is 54.5 Å². The molecule has 0 aliphatic carbocycles. The molecule has 0 unspecified atom stereocenters. The van der Waals surface area contributed by atoms with E-state index in [4.69, 9.17) is 7.16 Å². The van der Waals surface area contributed by atoms with Gasteiger partial charge >= 0.3 is 0 Å². The number of pyridine rings is 2. The average molecular weight is 733 g/mol. The molecule has 1 radical (unpaired) electrons. The monoisotopic (exact) mass is 733 g/mol. The number of aromatic nitrogens is 2. The number of nitrogens with zero attached hydrogens (tertiary/aromatic N) is 2. The first kappa shape index (κ1) is 26.3. The molecule has 207 valence electrons. The first-order valence-corrected chi connectivity index (χ1v) is 13.9. The van der Waals surface area contributed by atoms with Crippen LogP contribution in [0, 0.1) is 53.6 Å². The molecule has 0 saturated carbocycles. The minimum atomic E-state index is 0. The minimum absolute atomic E-state index is 0. The molecule has 5 heteroatoms. The Balaban J connectivity index is 0.000000197. The fourth-order valence-electron chi connectivity index (χ4n) is 4.69. The summed E-state index contributed by atoms with van der Waals surface area (Å²) in [7, 11) is 0. The van der Waals surface area contributed by atoms with Gasteiger partial charge in [0.05, 0.1) is 5.58 Å². The van der Waals surface area contributed by atoms with E-state index in [9.17, 15) is 0 Å². The molecule has 7 rings (SSSR count). The van der Waals surface area contributed by atoms with Gasteiger partial charge in [-0.3, -0.25) is 0 Å². The normalized spacial score (nSPS) is 11.6. The minimum Gasteiger partial charge on any atom is -0.501 e. The molecule has 0 aliphatic heterocycles. The number of thiophene rings is 1. The van der Waals surface area contributed by atoms with Crippen LogP contribution in [0.4, 0.5) is 0 Å². The Labute approximate surface area is 261 Å². The molecule has 0 aliphatic rings. The molecule has 4 heterocycles. The van der Waals surface area contributed by atoms with Crippen molar-refractivity contribution in [3.63, 3.8) is 0 Å². The van der Waals surface area contributed by atoms with Crippen LogP contribution in [0.5, 0.6) is 0 Å². The second-order valence-corrected chi connectivity index (χ2v) is 11.5. The second kappa shape index (κ2) is 11.7. The van der Waals surface area contributed by atoms with Gasteiger partial charge in [0.15, 0.2) is 0 Å². The van der Waals surface area contributed by atoms with Gasteiger partial charge in [-0.2, -0.15) is 0 Å². The Kier molecular flexibility index (Phi) is 7.50. The first-order valence-electron chi connectivity index (χ1n) is 14.5. The summed E-state index contributed by atoms with van der Waals surface area (Å²) in [5.74, 6) is 0. The van der Waals surface area contributed by atoms with Crippen molar-refractivity contribution in [2.45, 2.75) is 41.5 Å². The van der Waals surface area contributed by atoms with Crippen molar-refractivity contribution < 1.29 is 27.3 Å². The molecule has 0 spiro atoms. The summed E-state index contributed by atoms with van der Waals surface area (Å²) in [5, 5.41) is 3.37. The number of hydrogen-bond donors (Lipinski definition) is 0. The van der Waals surface area contributed by atoms with Crippen molar-refractivity contribution in [3.05, 3.63) is 118 Å². The van der Waals surface area contributed by atoms with Crippen LogP contribution in [0.3, 0.4) is 0 Å². The first-order chi connectivity index (χ1) is 20.3. The van der Waals surface area contributed by atoms with E-state index in [0.29, 0.717) is 0 Å². The zero-order valence-corrected chi connectivity index (χ0v) is 26.6. The molecule has 0 bridgehead atoms. The summed E-state index contributed by atoms with van der Waals surface area (Å²) < 4.78 is 22.8. The van der Waals surface area contributed by atoms with Crippen molar-refractivity contribution in [2.75, 3.05) is 0 Å². The molecule has 0 atom stereocenters. The molecule has 4 aromatic heterocycles. The SMILES string of the molecule is Cc1c[c-]c(-c2cc(C)c(C)cn2)cc1.[2H]Cc1cnc(-c2[c-]ccc3c2oc2cc4sc(C)cc4cc23)cc1C[2H].[Ir]. The third kappa shape index (κ3) is 5.76. The van der Waals surface area contributed by atoms with Crippen LogP contribution in [0.15, 0.2) is 77.5 Å².